The van der Waals surface area contributed by atoms with E-state index in [2.05, 4.69) is 5.32 Å². The molecule has 0 saturated carbocycles. The van der Waals surface area contributed by atoms with Crippen molar-refractivity contribution in [1.82, 2.24) is 0 Å². The number of benzene rings is 3. The Kier molecular flexibility index (Phi) is 6.17. The van der Waals surface area contributed by atoms with Gasteiger partial charge in [-0.15, -0.1) is 0 Å². The molecule has 0 bridgehead atoms. The molecule has 1 atom stereocenters. The highest BCUT2D eigenvalue weighted by Gasteiger charge is 2.17. The van der Waals surface area contributed by atoms with Crippen LogP contribution in [0.25, 0.3) is 0 Å². The molecular formula is C22H17FN2O5. The lowest BCUT2D eigenvalue weighted by Gasteiger charge is -2.15. The van der Waals surface area contributed by atoms with Crippen molar-refractivity contribution in [3.63, 3.8) is 0 Å². The number of non-ortho nitro benzene ring substituents is 1. The molecule has 1 unspecified atom stereocenters. The van der Waals surface area contributed by atoms with Crippen molar-refractivity contribution in [3.05, 3.63) is 99.9 Å². The van der Waals surface area contributed by atoms with Crippen molar-refractivity contribution in [2.75, 3.05) is 5.32 Å². The monoisotopic (exact) mass is 408 g/mol. The number of ketones is 1. The molecule has 0 spiro atoms. The minimum atomic E-state index is -0.886. The first-order valence-corrected chi connectivity index (χ1v) is 8.96. The van der Waals surface area contributed by atoms with E-state index >= 15 is 0 Å². The summed E-state index contributed by atoms with van der Waals surface area (Å²) in [5.41, 5.74) is 0.894. The second-order valence-electron chi connectivity index (χ2n) is 6.42. The third kappa shape index (κ3) is 5.05. The number of carbonyl (C=O) groups excluding carboxylic acids is 2. The van der Waals surface area contributed by atoms with E-state index in [-0.39, 0.29) is 17.2 Å². The van der Waals surface area contributed by atoms with Crippen LogP contribution in [-0.4, -0.2) is 22.7 Å². The SMILES string of the molecule is CC(Oc1ccc(C(=O)c2ccc(F)cc2)cc1)C(=O)Nc1cccc([N+](=O)[O-])c1. The Morgan fingerprint density at radius 2 is 1.60 bits per heavy atom. The topological polar surface area (TPSA) is 98.5 Å². The van der Waals surface area contributed by atoms with Crippen LogP contribution in [0.5, 0.6) is 5.75 Å². The fourth-order valence-corrected chi connectivity index (χ4v) is 2.65. The van der Waals surface area contributed by atoms with E-state index in [9.17, 15) is 24.1 Å². The van der Waals surface area contributed by atoms with E-state index in [4.69, 9.17) is 4.74 Å². The fourth-order valence-electron chi connectivity index (χ4n) is 2.65. The van der Waals surface area contributed by atoms with Crippen LogP contribution in [0, 0.1) is 15.9 Å². The van der Waals surface area contributed by atoms with Gasteiger partial charge in [0, 0.05) is 28.9 Å². The summed E-state index contributed by atoms with van der Waals surface area (Å²) in [6.45, 7) is 1.53. The van der Waals surface area contributed by atoms with Gasteiger partial charge in [0.2, 0.25) is 0 Å². The van der Waals surface area contributed by atoms with Gasteiger partial charge in [-0.1, -0.05) is 6.07 Å². The van der Waals surface area contributed by atoms with Crippen LogP contribution in [-0.2, 0) is 4.79 Å². The van der Waals surface area contributed by atoms with Gasteiger partial charge in [0.05, 0.1) is 4.92 Å². The molecule has 3 aromatic carbocycles. The zero-order valence-corrected chi connectivity index (χ0v) is 15.9. The van der Waals surface area contributed by atoms with E-state index in [1.54, 1.807) is 24.3 Å². The van der Waals surface area contributed by atoms with Gasteiger partial charge < -0.3 is 10.1 Å². The number of nitro groups is 1. The summed E-state index contributed by atoms with van der Waals surface area (Å²) in [6, 6.07) is 17.0. The summed E-state index contributed by atoms with van der Waals surface area (Å²) >= 11 is 0. The highest BCUT2D eigenvalue weighted by Crippen LogP contribution is 2.19. The molecule has 0 aliphatic heterocycles. The summed E-state index contributed by atoms with van der Waals surface area (Å²) in [6.07, 6.45) is -0.886. The van der Waals surface area contributed by atoms with Crippen LogP contribution < -0.4 is 10.1 Å². The molecule has 0 aliphatic rings. The smallest absolute Gasteiger partial charge is 0.271 e. The lowest BCUT2D eigenvalue weighted by molar-refractivity contribution is -0.384. The number of rotatable bonds is 7. The van der Waals surface area contributed by atoms with Gasteiger partial charge in [-0.25, -0.2) is 4.39 Å². The zero-order valence-electron chi connectivity index (χ0n) is 15.9. The first-order chi connectivity index (χ1) is 14.3. The molecule has 3 aromatic rings. The van der Waals surface area contributed by atoms with E-state index in [0.29, 0.717) is 16.9 Å². The molecule has 0 heterocycles. The first kappa shape index (κ1) is 20.7. The Bertz CT molecular complexity index is 1080. The molecule has 7 nitrogen and oxygen atoms in total. The van der Waals surface area contributed by atoms with E-state index in [1.165, 1.54) is 55.5 Å². The average molecular weight is 408 g/mol. The minimum Gasteiger partial charge on any atom is -0.481 e. The summed E-state index contributed by atoms with van der Waals surface area (Å²) in [4.78, 5) is 35.0. The predicted molar refractivity (Wildman–Crippen MR) is 108 cm³/mol. The molecule has 0 aromatic heterocycles. The molecule has 0 radical (unpaired) electrons. The molecule has 0 saturated heterocycles. The second-order valence-corrected chi connectivity index (χ2v) is 6.42. The third-order valence-electron chi connectivity index (χ3n) is 4.23. The molecular weight excluding hydrogens is 391 g/mol. The lowest BCUT2D eigenvalue weighted by atomic mass is 10.0. The van der Waals surface area contributed by atoms with E-state index in [0.717, 1.165) is 0 Å². The first-order valence-electron chi connectivity index (χ1n) is 8.96. The number of nitro benzene ring substituents is 1. The fraction of sp³-hybridized carbons (Fsp3) is 0.0909. The Labute approximate surface area is 171 Å². The minimum absolute atomic E-state index is 0.136. The number of carbonyl (C=O) groups is 2. The van der Waals surface area contributed by atoms with Crippen molar-refractivity contribution in [1.29, 1.82) is 0 Å². The molecule has 30 heavy (non-hydrogen) atoms. The zero-order chi connectivity index (χ0) is 21.7. The molecule has 1 N–H and O–H groups in total. The van der Waals surface area contributed by atoms with Gasteiger partial charge in [-0.2, -0.15) is 0 Å². The highest BCUT2D eigenvalue weighted by molar-refractivity contribution is 6.09. The largest absolute Gasteiger partial charge is 0.481 e. The third-order valence-corrected chi connectivity index (χ3v) is 4.23. The van der Waals surface area contributed by atoms with Gasteiger partial charge in [-0.3, -0.25) is 19.7 Å². The Hall–Kier alpha value is -4.07. The maximum atomic E-state index is 13.0. The second kappa shape index (κ2) is 8.95. The number of hydrogen-bond acceptors (Lipinski definition) is 5. The number of amides is 1. The Balaban J connectivity index is 1.62. The summed E-state index contributed by atoms with van der Waals surface area (Å²) in [5, 5.41) is 13.4. The van der Waals surface area contributed by atoms with Crippen LogP contribution in [0.3, 0.4) is 0 Å². The Morgan fingerprint density at radius 1 is 1.00 bits per heavy atom. The van der Waals surface area contributed by atoms with Gasteiger partial charge in [0.1, 0.15) is 11.6 Å². The van der Waals surface area contributed by atoms with Crippen molar-refractivity contribution < 1.29 is 23.6 Å². The highest BCUT2D eigenvalue weighted by atomic mass is 19.1. The van der Waals surface area contributed by atoms with Gasteiger partial charge in [0.25, 0.3) is 11.6 Å². The standard InChI is InChI=1S/C22H17FN2O5/c1-14(22(27)24-18-3-2-4-19(13-18)25(28)29)30-20-11-7-16(8-12-20)21(26)15-5-9-17(23)10-6-15/h2-14H,1H3,(H,24,27). The van der Waals surface area contributed by atoms with Crippen LogP contribution >= 0.6 is 0 Å². The average Bonchev–Trinajstić information content (AvgIpc) is 2.74. The van der Waals surface area contributed by atoms with Gasteiger partial charge in [0.15, 0.2) is 11.9 Å². The summed E-state index contributed by atoms with van der Waals surface area (Å²) < 4.78 is 18.6. The van der Waals surface area contributed by atoms with Crippen LogP contribution in [0.15, 0.2) is 72.8 Å². The van der Waals surface area contributed by atoms with Crippen molar-refractivity contribution in [2.24, 2.45) is 0 Å². The van der Waals surface area contributed by atoms with Crippen molar-refractivity contribution in [3.8, 4) is 5.75 Å². The molecule has 0 aliphatic carbocycles. The quantitative estimate of drug-likeness (QED) is 0.356. The number of ether oxygens (including phenoxy) is 1. The normalized spacial score (nSPS) is 11.4. The molecule has 8 heteroatoms. The number of nitrogens with one attached hydrogen (secondary N) is 1. The predicted octanol–water partition coefficient (Wildman–Crippen LogP) is 4.37. The number of halogens is 1. The van der Waals surface area contributed by atoms with E-state index < -0.39 is 22.8 Å². The molecule has 1 amide bonds. The van der Waals surface area contributed by atoms with Crippen LogP contribution in [0.4, 0.5) is 15.8 Å². The van der Waals surface area contributed by atoms with Crippen LogP contribution in [0.1, 0.15) is 22.8 Å². The molecule has 3 rings (SSSR count). The number of anilines is 1. The summed E-state index contributed by atoms with van der Waals surface area (Å²) in [5.74, 6) is -0.806. The van der Waals surface area contributed by atoms with Gasteiger partial charge in [-0.05, 0) is 61.5 Å². The lowest BCUT2D eigenvalue weighted by Crippen LogP contribution is -2.30. The van der Waals surface area contributed by atoms with Crippen LogP contribution in [0.2, 0.25) is 0 Å². The maximum Gasteiger partial charge on any atom is 0.271 e. The van der Waals surface area contributed by atoms with Crippen molar-refractivity contribution in [2.45, 2.75) is 13.0 Å². The van der Waals surface area contributed by atoms with E-state index in [1.807, 2.05) is 0 Å². The molecule has 152 valence electrons. The number of nitrogens with zero attached hydrogens (tertiary/aromatic N) is 1. The summed E-state index contributed by atoms with van der Waals surface area (Å²) in [7, 11) is 0. The van der Waals surface area contributed by atoms with Gasteiger partial charge >= 0.3 is 0 Å². The maximum absolute atomic E-state index is 13.0. The number of hydrogen-bond donors (Lipinski definition) is 1. The van der Waals surface area contributed by atoms with Crippen molar-refractivity contribution >= 4 is 23.1 Å². The molecule has 0 fully saturated rings. The Morgan fingerprint density at radius 3 is 2.20 bits per heavy atom.